The predicted octanol–water partition coefficient (Wildman–Crippen LogP) is 10.5. The van der Waals surface area contributed by atoms with E-state index in [4.69, 9.17) is 0 Å². The van der Waals surface area contributed by atoms with Gasteiger partial charge in [0.2, 0.25) is 0 Å². The van der Waals surface area contributed by atoms with E-state index in [0.29, 0.717) is 5.92 Å². The molecule has 2 aromatic carbocycles. The van der Waals surface area contributed by atoms with Gasteiger partial charge in [0, 0.05) is 47.5 Å². The number of Topliss-reactive ketones (excluding diaryl/α,β-unsaturated/α-hetero) is 1. The predicted molar refractivity (Wildman–Crippen MR) is 164 cm³/mol. The standard InChI is InChI=1S/C14H15BrINOS.C7H8.2C2H6.CH3Br/c1-9(2)7-12(15)14(18)11-3-4-13-10(8-11)5-6-17(13)19-16;1-7-5-3-2-4-6-7;3*1-2/h3-6,8-9,12H,7H2,1-2H3;2-6H,1H3;2*1-2H3;1H3. The Morgan fingerprint density at radius 3 is 2.00 bits per heavy atom. The molecule has 0 aliphatic heterocycles. The first-order valence-electron chi connectivity index (χ1n) is 10.9. The van der Waals surface area contributed by atoms with E-state index in [-0.39, 0.29) is 10.6 Å². The van der Waals surface area contributed by atoms with Crippen molar-refractivity contribution >= 4 is 78.9 Å². The number of hydrogen-bond acceptors (Lipinski definition) is 2. The van der Waals surface area contributed by atoms with Gasteiger partial charge in [-0.1, -0.05) is 109 Å². The molecule has 0 spiro atoms. The quantitative estimate of drug-likeness (QED) is 0.150. The maximum atomic E-state index is 12.3. The lowest BCUT2D eigenvalue weighted by Crippen LogP contribution is -2.16. The van der Waals surface area contributed by atoms with Crippen molar-refractivity contribution < 1.29 is 4.79 Å². The monoisotopic (exact) mass is 697 g/mol. The molecule has 32 heavy (non-hydrogen) atoms. The van der Waals surface area contributed by atoms with Crippen LogP contribution >= 0.6 is 62.2 Å². The van der Waals surface area contributed by atoms with Crippen LogP contribution in [0.25, 0.3) is 10.9 Å². The van der Waals surface area contributed by atoms with Crippen molar-refractivity contribution in [3.63, 3.8) is 0 Å². The Morgan fingerprint density at radius 1 is 1.00 bits per heavy atom. The number of nitrogens with zero attached hydrogens (tertiary/aromatic N) is 1. The van der Waals surface area contributed by atoms with Crippen LogP contribution in [0.5, 0.6) is 0 Å². The fourth-order valence-electron chi connectivity index (χ4n) is 2.57. The van der Waals surface area contributed by atoms with E-state index in [1.165, 1.54) is 5.56 Å². The number of alkyl halides is 2. The largest absolute Gasteiger partial charge is 0.293 e. The smallest absolute Gasteiger partial charge is 0.176 e. The Labute approximate surface area is 229 Å². The molecule has 0 saturated carbocycles. The van der Waals surface area contributed by atoms with E-state index in [0.717, 1.165) is 22.9 Å². The van der Waals surface area contributed by atoms with Crippen molar-refractivity contribution in [3.05, 3.63) is 71.9 Å². The average Bonchev–Trinajstić information content (AvgIpc) is 3.25. The third kappa shape index (κ3) is 12.8. The summed E-state index contributed by atoms with van der Waals surface area (Å²) in [5.74, 6) is 2.49. The Hall–Kier alpha value is -0.310. The minimum atomic E-state index is -0.0917. The van der Waals surface area contributed by atoms with Gasteiger partial charge in [-0.25, -0.2) is 0 Å². The van der Waals surface area contributed by atoms with Gasteiger partial charge in [0.15, 0.2) is 5.78 Å². The molecular weight excluding hydrogens is 661 g/mol. The van der Waals surface area contributed by atoms with Gasteiger partial charge in [-0.05, 0) is 49.4 Å². The lowest BCUT2D eigenvalue weighted by atomic mass is 10.0. The summed E-state index contributed by atoms with van der Waals surface area (Å²) in [7, 11) is 1.63. The van der Waals surface area contributed by atoms with Crippen LogP contribution in [0.2, 0.25) is 0 Å². The van der Waals surface area contributed by atoms with Crippen LogP contribution in [0.3, 0.4) is 0 Å². The molecule has 1 unspecified atom stereocenters. The zero-order valence-electron chi connectivity index (χ0n) is 20.5. The number of benzene rings is 2. The number of rotatable bonds is 5. The molecule has 1 atom stereocenters. The second-order valence-corrected chi connectivity index (χ2v) is 9.42. The minimum absolute atomic E-state index is 0.0917. The van der Waals surface area contributed by atoms with Crippen LogP contribution in [0.1, 0.15) is 63.9 Å². The molecule has 180 valence electrons. The first-order valence-corrected chi connectivity index (χ1v) is 16.7. The number of carbonyl (C=O) groups excluding carboxylic acids is 1. The maximum Gasteiger partial charge on any atom is 0.176 e. The molecule has 3 rings (SSSR count). The van der Waals surface area contributed by atoms with Gasteiger partial charge in [-0.3, -0.25) is 8.77 Å². The third-order valence-electron chi connectivity index (χ3n) is 3.92. The Morgan fingerprint density at radius 2 is 1.56 bits per heavy atom. The normalized spacial score (nSPS) is 10.2. The molecule has 0 N–H and O–H groups in total. The molecule has 1 heterocycles. The van der Waals surface area contributed by atoms with Crippen molar-refractivity contribution in [1.82, 2.24) is 3.97 Å². The Bertz CT molecular complexity index is 853. The molecule has 2 nitrogen and oxygen atoms in total. The molecular formula is C26H38Br2INOS. The van der Waals surface area contributed by atoms with Crippen molar-refractivity contribution in [2.75, 3.05) is 5.83 Å². The van der Waals surface area contributed by atoms with Crippen molar-refractivity contribution in [2.45, 2.75) is 59.7 Å². The second-order valence-electron chi connectivity index (χ2n) is 6.60. The molecule has 0 amide bonds. The number of aryl methyl sites for hydroxylation is 1. The third-order valence-corrected chi connectivity index (χ3v) is 6.45. The summed E-state index contributed by atoms with van der Waals surface area (Å²) in [4.78, 5) is 12.2. The van der Waals surface area contributed by atoms with E-state index >= 15 is 0 Å². The fourth-order valence-corrected chi connectivity index (χ4v) is 4.96. The van der Waals surface area contributed by atoms with Gasteiger partial charge in [0.25, 0.3) is 0 Å². The summed E-state index contributed by atoms with van der Waals surface area (Å²) in [6.07, 6.45) is 2.89. The molecule has 0 aliphatic carbocycles. The first-order chi connectivity index (χ1) is 15.4. The molecule has 0 bridgehead atoms. The number of fused-ring (bicyclic) bond motifs is 1. The van der Waals surface area contributed by atoms with Gasteiger partial charge in [-0.15, -0.1) is 0 Å². The van der Waals surface area contributed by atoms with Gasteiger partial charge < -0.3 is 0 Å². The number of hydrogen-bond donors (Lipinski definition) is 0. The molecule has 0 radical (unpaired) electrons. The van der Waals surface area contributed by atoms with Gasteiger partial charge >= 0.3 is 0 Å². The molecule has 0 fully saturated rings. The summed E-state index contributed by atoms with van der Waals surface area (Å²) in [6, 6.07) is 18.2. The fraction of sp³-hybridized carbons (Fsp3) is 0.423. The molecule has 6 heteroatoms. The zero-order chi connectivity index (χ0) is 25.1. The van der Waals surface area contributed by atoms with E-state index in [9.17, 15) is 4.79 Å². The zero-order valence-corrected chi connectivity index (χ0v) is 26.7. The molecule has 0 aliphatic rings. The van der Waals surface area contributed by atoms with E-state index in [2.05, 4.69) is 89.9 Å². The van der Waals surface area contributed by atoms with Crippen LogP contribution in [0, 0.1) is 12.8 Å². The minimum Gasteiger partial charge on any atom is -0.293 e. The molecule has 1 aromatic heterocycles. The summed E-state index contributed by atoms with van der Waals surface area (Å²) in [5.41, 5.74) is 3.25. The highest BCUT2D eigenvalue weighted by molar-refractivity contribution is 14.2. The average molecular weight is 699 g/mol. The van der Waals surface area contributed by atoms with E-state index in [1.807, 2.05) is 82.2 Å². The maximum absolute atomic E-state index is 12.3. The topological polar surface area (TPSA) is 22.0 Å². The Balaban J connectivity index is 0. The lowest BCUT2D eigenvalue weighted by Gasteiger charge is -2.11. The highest BCUT2D eigenvalue weighted by atomic mass is 127. The Kier molecular flexibility index (Phi) is 22.5. The van der Waals surface area contributed by atoms with Gasteiger partial charge in [0.1, 0.15) is 0 Å². The van der Waals surface area contributed by atoms with Crippen molar-refractivity contribution in [3.8, 4) is 0 Å². The van der Waals surface area contributed by atoms with Crippen molar-refractivity contribution in [2.24, 2.45) is 5.92 Å². The summed E-state index contributed by atoms with van der Waals surface area (Å²) < 4.78 is 2.09. The van der Waals surface area contributed by atoms with Gasteiger partial charge in [-0.2, -0.15) is 0 Å². The van der Waals surface area contributed by atoms with Crippen LogP contribution in [-0.4, -0.2) is 20.4 Å². The molecule has 3 aromatic rings. The highest BCUT2D eigenvalue weighted by Gasteiger charge is 2.18. The molecule has 0 saturated heterocycles. The SMILES string of the molecule is CBr.CC.CC.CC(C)CC(Br)C(=O)c1ccc2c(ccn2SI)c1.Cc1ccccc1. The van der Waals surface area contributed by atoms with Crippen LogP contribution < -0.4 is 0 Å². The summed E-state index contributed by atoms with van der Waals surface area (Å²) in [6.45, 7) is 14.3. The number of halogens is 3. The van der Waals surface area contributed by atoms with Gasteiger partial charge in [0.05, 0.1) is 10.3 Å². The number of ketones is 1. The lowest BCUT2D eigenvalue weighted by molar-refractivity contribution is 0.0984. The highest BCUT2D eigenvalue weighted by Crippen LogP contribution is 2.27. The second kappa shape index (κ2) is 21.2. The van der Waals surface area contributed by atoms with Crippen LogP contribution in [-0.2, 0) is 0 Å². The van der Waals surface area contributed by atoms with Crippen LogP contribution in [0.15, 0.2) is 60.8 Å². The summed E-state index contributed by atoms with van der Waals surface area (Å²) >= 11 is 8.69. The van der Waals surface area contributed by atoms with E-state index < -0.39 is 0 Å². The van der Waals surface area contributed by atoms with E-state index in [1.54, 1.807) is 9.12 Å². The number of aromatic nitrogens is 1. The summed E-state index contributed by atoms with van der Waals surface area (Å²) in [5, 5.41) is 1.11. The van der Waals surface area contributed by atoms with Crippen molar-refractivity contribution in [1.29, 1.82) is 0 Å². The number of carbonyl (C=O) groups is 1. The first kappa shape index (κ1) is 33.9. The van der Waals surface area contributed by atoms with Crippen LogP contribution in [0.4, 0.5) is 0 Å².